The molecule has 0 saturated carbocycles. The molecule has 2 fully saturated rings. The largest absolute Gasteiger partial charge is 0.445 e. The summed E-state index contributed by atoms with van der Waals surface area (Å²) in [7, 11) is 0. The third-order valence-corrected chi connectivity index (χ3v) is 5.28. The molecule has 0 aliphatic carbocycles. The molecule has 1 amide bonds. The van der Waals surface area contributed by atoms with E-state index in [1.807, 2.05) is 41.4 Å². The summed E-state index contributed by atoms with van der Waals surface area (Å²) in [6, 6.07) is 14.1. The van der Waals surface area contributed by atoms with Crippen LogP contribution < -0.4 is 4.90 Å². The highest BCUT2D eigenvalue weighted by atomic mass is 16.6. The molecule has 0 N–H and O–H groups in total. The third-order valence-electron chi connectivity index (χ3n) is 5.28. The molecule has 2 aromatic rings. The molecule has 1 aromatic carbocycles. The molecule has 0 unspecified atom stereocenters. The van der Waals surface area contributed by atoms with Crippen molar-refractivity contribution >= 4 is 11.9 Å². The lowest BCUT2D eigenvalue weighted by Crippen LogP contribution is -2.31. The highest BCUT2D eigenvalue weighted by Gasteiger charge is 2.31. The van der Waals surface area contributed by atoms with E-state index in [0.29, 0.717) is 6.61 Å². The fourth-order valence-corrected chi connectivity index (χ4v) is 3.86. The van der Waals surface area contributed by atoms with Crippen molar-refractivity contribution in [2.75, 3.05) is 24.5 Å². The summed E-state index contributed by atoms with van der Waals surface area (Å²) in [5.41, 5.74) is 2.11. The molecule has 2 aliphatic heterocycles. The van der Waals surface area contributed by atoms with Crippen molar-refractivity contribution in [1.29, 1.82) is 0 Å². The Balaban J connectivity index is 1.40. The SMILES string of the molecule is O=C(OCc1ccccc1)N1CCC[C@@H]1c1ccc(N2CCCC2)nc1. The molecule has 5 nitrogen and oxygen atoms in total. The molecule has 3 heterocycles. The van der Waals surface area contributed by atoms with Crippen LogP contribution in [0.3, 0.4) is 0 Å². The van der Waals surface area contributed by atoms with Gasteiger partial charge in [0.2, 0.25) is 0 Å². The van der Waals surface area contributed by atoms with Gasteiger partial charge < -0.3 is 14.5 Å². The Labute approximate surface area is 154 Å². The Bertz CT molecular complexity index is 727. The number of ether oxygens (including phenoxy) is 1. The van der Waals surface area contributed by atoms with Gasteiger partial charge in [0.25, 0.3) is 0 Å². The number of amides is 1. The number of carbonyl (C=O) groups excluding carboxylic acids is 1. The van der Waals surface area contributed by atoms with Crippen LogP contribution in [0, 0.1) is 0 Å². The van der Waals surface area contributed by atoms with Gasteiger partial charge in [-0.15, -0.1) is 0 Å². The zero-order valence-corrected chi connectivity index (χ0v) is 15.0. The Morgan fingerprint density at radius 3 is 2.58 bits per heavy atom. The number of carbonyl (C=O) groups is 1. The molecule has 0 bridgehead atoms. The Hall–Kier alpha value is -2.56. The van der Waals surface area contributed by atoms with E-state index >= 15 is 0 Å². The summed E-state index contributed by atoms with van der Waals surface area (Å²) in [5, 5.41) is 0. The lowest BCUT2D eigenvalue weighted by Gasteiger charge is -2.25. The molecule has 2 aliphatic rings. The normalized spacial score (nSPS) is 19.8. The van der Waals surface area contributed by atoms with E-state index in [9.17, 15) is 4.79 Å². The molecular formula is C21H25N3O2. The van der Waals surface area contributed by atoms with Crippen molar-refractivity contribution < 1.29 is 9.53 Å². The van der Waals surface area contributed by atoms with Gasteiger partial charge in [0.1, 0.15) is 12.4 Å². The van der Waals surface area contributed by atoms with Crippen molar-refractivity contribution in [1.82, 2.24) is 9.88 Å². The lowest BCUT2D eigenvalue weighted by molar-refractivity contribution is 0.0920. The molecular weight excluding hydrogens is 326 g/mol. The van der Waals surface area contributed by atoms with Crippen molar-refractivity contribution in [3.63, 3.8) is 0 Å². The van der Waals surface area contributed by atoms with Crippen LogP contribution in [0.25, 0.3) is 0 Å². The van der Waals surface area contributed by atoms with E-state index < -0.39 is 0 Å². The smallest absolute Gasteiger partial charge is 0.410 e. The molecule has 26 heavy (non-hydrogen) atoms. The first-order chi connectivity index (χ1) is 12.8. The summed E-state index contributed by atoms with van der Waals surface area (Å²) < 4.78 is 5.53. The quantitative estimate of drug-likeness (QED) is 0.830. The maximum absolute atomic E-state index is 12.6. The van der Waals surface area contributed by atoms with Crippen LogP contribution in [0.2, 0.25) is 0 Å². The molecule has 5 heteroatoms. The fraction of sp³-hybridized carbons (Fsp3) is 0.429. The van der Waals surface area contributed by atoms with Crippen molar-refractivity contribution in [2.45, 2.75) is 38.3 Å². The van der Waals surface area contributed by atoms with Gasteiger partial charge in [-0.05, 0) is 42.9 Å². The second-order valence-corrected chi connectivity index (χ2v) is 7.04. The monoisotopic (exact) mass is 351 g/mol. The second-order valence-electron chi connectivity index (χ2n) is 7.04. The van der Waals surface area contributed by atoms with Crippen molar-refractivity contribution in [3.8, 4) is 0 Å². The van der Waals surface area contributed by atoms with E-state index in [0.717, 1.165) is 49.4 Å². The fourth-order valence-electron chi connectivity index (χ4n) is 3.86. The van der Waals surface area contributed by atoms with Crippen LogP contribution in [0.15, 0.2) is 48.7 Å². The van der Waals surface area contributed by atoms with E-state index in [4.69, 9.17) is 4.74 Å². The molecule has 136 valence electrons. The number of rotatable bonds is 4. The topological polar surface area (TPSA) is 45.7 Å². The van der Waals surface area contributed by atoms with Gasteiger partial charge in [-0.3, -0.25) is 0 Å². The van der Waals surface area contributed by atoms with Crippen LogP contribution in [0.5, 0.6) is 0 Å². The van der Waals surface area contributed by atoms with Crippen LogP contribution in [-0.2, 0) is 11.3 Å². The zero-order chi connectivity index (χ0) is 17.8. The summed E-state index contributed by atoms with van der Waals surface area (Å²) in [6.07, 6.45) is 6.14. The first kappa shape index (κ1) is 16.9. The van der Waals surface area contributed by atoms with E-state index in [2.05, 4.69) is 22.0 Å². The minimum Gasteiger partial charge on any atom is -0.445 e. The first-order valence-corrected chi connectivity index (χ1v) is 9.49. The highest BCUT2D eigenvalue weighted by molar-refractivity contribution is 5.68. The third kappa shape index (κ3) is 3.66. The standard InChI is InChI=1S/C21H25N3O2/c25-21(26-16-17-7-2-1-3-8-17)24-14-6-9-19(24)18-10-11-20(22-15-18)23-12-4-5-13-23/h1-3,7-8,10-11,15,19H,4-6,9,12-14,16H2/t19-/m1/s1. The Kier molecular flexibility index (Phi) is 5.04. The zero-order valence-electron chi connectivity index (χ0n) is 15.0. The molecule has 0 spiro atoms. The molecule has 1 aromatic heterocycles. The molecule has 2 saturated heterocycles. The molecule has 1 atom stereocenters. The van der Waals surface area contributed by atoms with E-state index in [1.54, 1.807) is 0 Å². The van der Waals surface area contributed by atoms with Crippen molar-refractivity contribution in [2.24, 2.45) is 0 Å². The number of pyridine rings is 1. The highest BCUT2D eigenvalue weighted by Crippen LogP contribution is 2.33. The second kappa shape index (κ2) is 7.77. The average Bonchev–Trinajstić information content (AvgIpc) is 3.39. The number of anilines is 1. The lowest BCUT2D eigenvalue weighted by atomic mass is 10.1. The minimum atomic E-state index is -0.236. The van der Waals surface area contributed by atoms with Gasteiger partial charge in [-0.25, -0.2) is 9.78 Å². The molecule has 4 rings (SSSR count). The van der Waals surface area contributed by atoms with Crippen LogP contribution >= 0.6 is 0 Å². The van der Waals surface area contributed by atoms with Crippen LogP contribution in [-0.4, -0.2) is 35.6 Å². The van der Waals surface area contributed by atoms with E-state index in [1.165, 1.54) is 12.8 Å². The van der Waals surface area contributed by atoms with Gasteiger partial charge in [0.15, 0.2) is 0 Å². The summed E-state index contributed by atoms with van der Waals surface area (Å²) in [6.45, 7) is 3.24. The predicted molar refractivity (Wildman–Crippen MR) is 101 cm³/mol. The minimum absolute atomic E-state index is 0.0680. The number of nitrogens with zero attached hydrogens (tertiary/aromatic N) is 3. The van der Waals surface area contributed by atoms with Crippen LogP contribution in [0.4, 0.5) is 10.6 Å². The van der Waals surface area contributed by atoms with Gasteiger partial charge in [-0.2, -0.15) is 0 Å². The van der Waals surface area contributed by atoms with Crippen LogP contribution in [0.1, 0.15) is 42.9 Å². The maximum atomic E-state index is 12.6. The number of hydrogen-bond acceptors (Lipinski definition) is 4. The van der Waals surface area contributed by atoms with Gasteiger partial charge in [-0.1, -0.05) is 36.4 Å². The summed E-state index contributed by atoms with van der Waals surface area (Å²) in [5.74, 6) is 1.04. The van der Waals surface area contributed by atoms with Crippen molar-refractivity contribution in [3.05, 3.63) is 59.8 Å². The van der Waals surface area contributed by atoms with E-state index in [-0.39, 0.29) is 12.1 Å². The Morgan fingerprint density at radius 2 is 1.85 bits per heavy atom. The first-order valence-electron chi connectivity index (χ1n) is 9.49. The maximum Gasteiger partial charge on any atom is 0.410 e. The predicted octanol–water partition coefficient (Wildman–Crippen LogP) is 4.16. The summed E-state index contributed by atoms with van der Waals surface area (Å²) in [4.78, 5) is 21.4. The number of hydrogen-bond donors (Lipinski definition) is 0. The molecule has 0 radical (unpaired) electrons. The number of aromatic nitrogens is 1. The summed E-state index contributed by atoms with van der Waals surface area (Å²) >= 11 is 0. The van der Waals surface area contributed by atoms with Gasteiger partial charge in [0, 0.05) is 25.8 Å². The Morgan fingerprint density at radius 1 is 1.04 bits per heavy atom. The van der Waals surface area contributed by atoms with Gasteiger partial charge in [0.05, 0.1) is 6.04 Å². The van der Waals surface area contributed by atoms with Gasteiger partial charge >= 0.3 is 6.09 Å². The average molecular weight is 351 g/mol. The number of benzene rings is 1. The number of likely N-dealkylation sites (tertiary alicyclic amines) is 1.